The zero-order chi connectivity index (χ0) is 22.7. The van der Waals surface area contributed by atoms with Crippen molar-refractivity contribution in [3.05, 3.63) is 52.4 Å². The summed E-state index contributed by atoms with van der Waals surface area (Å²) in [4.78, 5) is 21.9. The molecule has 0 saturated heterocycles. The van der Waals surface area contributed by atoms with E-state index in [1.54, 1.807) is 0 Å². The van der Waals surface area contributed by atoms with Crippen molar-refractivity contribution in [1.29, 1.82) is 10.5 Å². The smallest absolute Gasteiger partial charge is 0.226 e. The minimum atomic E-state index is -0.174. The number of nitrogens with one attached hydrogen (secondary N) is 1. The van der Waals surface area contributed by atoms with Crippen LogP contribution in [0.1, 0.15) is 23.1 Å². The predicted octanol–water partition coefficient (Wildman–Crippen LogP) is 5.17. The van der Waals surface area contributed by atoms with Gasteiger partial charge in [-0.15, -0.1) is 23.1 Å². The number of hydrogen-bond acceptors (Lipinski definition) is 9. The number of fused-ring (bicyclic) bond motifs is 1. The Hall–Kier alpha value is -3.44. The molecule has 0 bridgehead atoms. The van der Waals surface area contributed by atoms with Crippen LogP contribution in [0.4, 0.5) is 10.9 Å². The van der Waals surface area contributed by atoms with Gasteiger partial charge in [0.2, 0.25) is 5.91 Å². The summed E-state index contributed by atoms with van der Waals surface area (Å²) in [6.07, 6.45) is 0.209. The van der Waals surface area contributed by atoms with E-state index in [1.807, 2.05) is 42.6 Å². The summed E-state index contributed by atoms with van der Waals surface area (Å²) in [7, 11) is 0. The summed E-state index contributed by atoms with van der Waals surface area (Å²) in [5.74, 6) is 0.297. The van der Waals surface area contributed by atoms with Gasteiger partial charge in [-0.25, -0.2) is 9.97 Å². The summed E-state index contributed by atoms with van der Waals surface area (Å²) >= 11 is 4.12. The van der Waals surface area contributed by atoms with Gasteiger partial charge in [0.25, 0.3) is 0 Å². The lowest BCUT2D eigenvalue weighted by atomic mass is 10.0. The zero-order valence-electron chi connectivity index (χ0n) is 16.9. The second-order valence-electron chi connectivity index (χ2n) is 6.76. The predicted molar refractivity (Wildman–Crippen MR) is 130 cm³/mol. The number of thioether (sulfide) groups is 1. The molecule has 0 spiro atoms. The van der Waals surface area contributed by atoms with Crippen LogP contribution < -0.4 is 11.1 Å². The second kappa shape index (κ2) is 9.37. The molecule has 4 aromatic rings. The molecule has 0 atom stereocenters. The molecule has 0 aliphatic carbocycles. The Labute approximate surface area is 196 Å². The number of thiazole rings is 1. The van der Waals surface area contributed by atoms with E-state index in [0.29, 0.717) is 27.0 Å². The summed E-state index contributed by atoms with van der Waals surface area (Å²) < 4.78 is 1.02. The number of nitrogen functional groups attached to an aromatic ring is 1. The summed E-state index contributed by atoms with van der Waals surface area (Å²) in [6, 6.07) is 13.9. The molecule has 3 N–H and O–H groups in total. The minimum absolute atomic E-state index is 0.0756. The van der Waals surface area contributed by atoms with Gasteiger partial charge >= 0.3 is 0 Å². The van der Waals surface area contributed by atoms with Gasteiger partial charge in [-0.1, -0.05) is 23.5 Å². The first kappa shape index (κ1) is 21.8. The maximum Gasteiger partial charge on any atom is 0.226 e. The summed E-state index contributed by atoms with van der Waals surface area (Å²) in [5.41, 5.74) is 8.98. The number of amides is 1. The highest BCUT2D eigenvalue weighted by molar-refractivity contribution is 7.99. The van der Waals surface area contributed by atoms with Gasteiger partial charge in [0.15, 0.2) is 5.13 Å². The average molecular weight is 477 g/mol. The van der Waals surface area contributed by atoms with E-state index in [2.05, 4.69) is 27.4 Å². The molecule has 10 heteroatoms. The van der Waals surface area contributed by atoms with Crippen LogP contribution in [0.3, 0.4) is 0 Å². The van der Waals surface area contributed by atoms with Gasteiger partial charge in [0.1, 0.15) is 28.5 Å². The summed E-state index contributed by atoms with van der Waals surface area (Å²) in [5, 5.41) is 25.0. The molecule has 4 rings (SSSR count). The third-order valence-corrected chi connectivity index (χ3v) is 7.34. The Bertz CT molecular complexity index is 1400. The first-order chi connectivity index (χ1) is 15.5. The highest BCUT2D eigenvalue weighted by Crippen LogP contribution is 2.37. The SMILES string of the molecule is Cc1ccc2nc(NC(=O)CCSc3nc(N)c(C#N)c(-c4cccs4)c3C#N)sc2c1. The molecule has 0 aliphatic rings. The van der Waals surface area contributed by atoms with Crippen LogP contribution in [0.5, 0.6) is 0 Å². The molecule has 32 heavy (non-hydrogen) atoms. The number of benzene rings is 1. The van der Waals surface area contributed by atoms with E-state index in [9.17, 15) is 15.3 Å². The van der Waals surface area contributed by atoms with Crippen molar-refractivity contribution in [1.82, 2.24) is 9.97 Å². The fraction of sp³-hybridized carbons (Fsp3) is 0.136. The molecule has 0 saturated carbocycles. The first-order valence-corrected chi connectivity index (χ1v) is 12.2. The number of nitrogens with two attached hydrogens (primary N) is 1. The van der Waals surface area contributed by atoms with Crippen LogP contribution in [0, 0.1) is 29.6 Å². The van der Waals surface area contributed by atoms with E-state index in [1.165, 1.54) is 34.4 Å². The van der Waals surface area contributed by atoms with Gasteiger partial charge in [-0.05, 0) is 36.1 Å². The number of nitriles is 2. The second-order valence-corrected chi connectivity index (χ2v) is 9.83. The van der Waals surface area contributed by atoms with Gasteiger partial charge in [0.05, 0.1) is 15.8 Å². The quantitative estimate of drug-likeness (QED) is 0.367. The monoisotopic (exact) mass is 476 g/mol. The Morgan fingerprint density at radius 3 is 2.75 bits per heavy atom. The Morgan fingerprint density at radius 1 is 1.22 bits per heavy atom. The fourth-order valence-electron chi connectivity index (χ4n) is 3.08. The lowest BCUT2D eigenvalue weighted by molar-refractivity contribution is -0.115. The first-order valence-electron chi connectivity index (χ1n) is 9.47. The lowest BCUT2D eigenvalue weighted by Crippen LogP contribution is -2.12. The fourth-order valence-corrected chi connectivity index (χ4v) is 5.78. The Kier molecular flexibility index (Phi) is 6.37. The normalized spacial score (nSPS) is 10.6. The third-order valence-electron chi connectivity index (χ3n) is 4.54. The topological polar surface area (TPSA) is 128 Å². The van der Waals surface area contributed by atoms with E-state index in [4.69, 9.17) is 5.73 Å². The molecule has 3 heterocycles. The number of pyridine rings is 1. The third kappa shape index (κ3) is 4.43. The van der Waals surface area contributed by atoms with Crippen molar-refractivity contribution in [2.45, 2.75) is 18.4 Å². The highest BCUT2D eigenvalue weighted by Gasteiger charge is 2.21. The van der Waals surface area contributed by atoms with Crippen LogP contribution in [0.25, 0.3) is 20.7 Å². The number of aryl methyl sites for hydroxylation is 1. The molecule has 0 unspecified atom stereocenters. The number of thiophene rings is 1. The molecular formula is C22H16N6OS3. The van der Waals surface area contributed by atoms with Crippen LogP contribution in [-0.2, 0) is 4.79 Å². The van der Waals surface area contributed by atoms with Gasteiger partial charge in [-0.3, -0.25) is 4.79 Å². The van der Waals surface area contributed by atoms with Gasteiger partial charge < -0.3 is 11.1 Å². The van der Waals surface area contributed by atoms with Gasteiger partial charge in [0, 0.05) is 22.6 Å². The summed E-state index contributed by atoms with van der Waals surface area (Å²) in [6.45, 7) is 2.01. The largest absolute Gasteiger partial charge is 0.383 e. The molecule has 0 aliphatic heterocycles. The van der Waals surface area contributed by atoms with Crippen LogP contribution in [0.15, 0.2) is 40.7 Å². The molecular weight excluding hydrogens is 460 g/mol. The molecule has 1 aromatic carbocycles. The van der Waals surface area contributed by atoms with Crippen molar-refractivity contribution >= 4 is 61.5 Å². The van der Waals surface area contributed by atoms with E-state index in [0.717, 1.165) is 20.7 Å². The number of nitrogens with zero attached hydrogens (tertiary/aromatic N) is 4. The molecule has 3 aromatic heterocycles. The molecule has 158 valence electrons. The number of aromatic nitrogens is 2. The van der Waals surface area contributed by atoms with Crippen LogP contribution in [0.2, 0.25) is 0 Å². The van der Waals surface area contributed by atoms with Crippen LogP contribution in [-0.4, -0.2) is 21.6 Å². The highest BCUT2D eigenvalue weighted by atomic mass is 32.2. The van der Waals surface area contributed by atoms with E-state index >= 15 is 0 Å². The molecule has 7 nitrogen and oxygen atoms in total. The standard InChI is InChI=1S/C22H16N6OS3/c1-12-4-5-15-17(9-12)32-22(26-15)27-18(29)6-8-31-21-14(11-24)19(16-3-2-7-30-16)13(10-23)20(25)28-21/h2-5,7,9H,6,8H2,1H3,(H2,25,28)(H,26,27,29). The lowest BCUT2D eigenvalue weighted by Gasteiger charge is -2.11. The number of rotatable bonds is 6. The molecule has 1 amide bonds. The maximum atomic E-state index is 12.4. The van der Waals surface area contributed by atoms with Crippen molar-refractivity contribution in [2.75, 3.05) is 16.8 Å². The van der Waals surface area contributed by atoms with E-state index < -0.39 is 0 Å². The van der Waals surface area contributed by atoms with Crippen molar-refractivity contribution < 1.29 is 4.79 Å². The van der Waals surface area contributed by atoms with E-state index in [-0.39, 0.29) is 23.7 Å². The Balaban J connectivity index is 1.48. The van der Waals surface area contributed by atoms with Crippen molar-refractivity contribution in [3.63, 3.8) is 0 Å². The van der Waals surface area contributed by atoms with Crippen LogP contribution >= 0.6 is 34.4 Å². The Morgan fingerprint density at radius 2 is 2.03 bits per heavy atom. The maximum absolute atomic E-state index is 12.4. The van der Waals surface area contributed by atoms with Crippen molar-refractivity contribution in [3.8, 4) is 22.6 Å². The van der Waals surface area contributed by atoms with Gasteiger partial charge in [-0.2, -0.15) is 10.5 Å². The average Bonchev–Trinajstić information content (AvgIpc) is 3.42. The minimum Gasteiger partial charge on any atom is -0.383 e. The number of anilines is 2. The molecule has 0 fully saturated rings. The number of carbonyl (C=O) groups excluding carboxylic acids is 1. The van der Waals surface area contributed by atoms with Crippen molar-refractivity contribution in [2.24, 2.45) is 0 Å². The number of hydrogen-bond donors (Lipinski definition) is 2. The molecule has 0 radical (unpaired) electrons. The number of carbonyl (C=O) groups is 1. The zero-order valence-corrected chi connectivity index (χ0v) is 19.3.